The molecule has 0 aliphatic carbocycles. The predicted molar refractivity (Wildman–Crippen MR) is 103 cm³/mol. The minimum atomic E-state index is -3.48. The van der Waals surface area contributed by atoms with Crippen LogP contribution in [0.1, 0.15) is 16.7 Å². The molecule has 1 saturated heterocycles. The summed E-state index contributed by atoms with van der Waals surface area (Å²) in [6.07, 6.45) is 0. The fourth-order valence-electron chi connectivity index (χ4n) is 3.58. The highest BCUT2D eigenvalue weighted by Gasteiger charge is 2.31. The molecule has 0 unspecified atom stereocenters. The van der Waals surface area contributed by atoms with Crippen LogP contribution < -0.4 is 4.90 Å². The van der Waals surface area contributed by atoms with Gasteiger partial charge in [-0.25, -0.2) is 8.42 Å². The molecule has 0 radical (unpaired) electrons. The van der Waals surface area contributed by atoms with Crippen LogP contribution >= 0.6 is 11.6 Å². The molecule has 25 heavy (non-hydrogen) atoms. The summed E-state index contributed by atoms with van der Waals surface area (Å²) >= 11 is 6.26. The normalized spacial score (nSPS) is 16.2. The van der Waals surface area contributed by atoms with Gasteiger partial charge < -0.3 is 4.90 Å². The minimum Gasteiger partial charge on any atom is -0.368 e. The lowest BCUT2D eigenvalue weighted by Gasteiger charge is -2.36. The van der Waals surface area contributed by atoms with Gasteiger partial charge in [-0.05, 0) is 44.0 Å². The Balaban J connectivity index is 1.82. The Bertz CT molecular complexity index is 865. The molecule has 2 aromatic rings. The van der Waals surface area contributed by atoms with Gasteiger partial charge in [0.1, 0.15) is 0 Å². The summed E-state index contributed by atoms with van der Waals surface area (Å²) in [4.78, 5) is 2.59. The van der Waals surface area contributed by atoms with Crippen molar-refractivity contribution in [3.63, 3.8) is 0 Å². The van der Waals surface area contributed by atoms with E-state index in [4.69, 9.17) is 11.6 Å². The van der Waals surface area contributed by atoms with Gasteiger partial charge >= 0.3 is 0 Å². The van der Waals surface area contributed by atoms with Gasteiger partial charge in [-0.15, -0.1) is 0 Å². The molecule has 4 nitrogen and oxygen atoms in total. The first-order valence-electron chi connectivity index (χ1n) is 8.38. The quantitative estimate of drug-likeness (QED) is 0.816. The lowest BCUT2D eigenvalue weighted by Crippen LogP contribution is -2.49. The van der Waals surface area contributed by atoms with Crippen LogP contribution in [0.4, 0.5) is 5.69 Å². The fraction of sp³-hybridized carbons (Fsp3) is 0.368. The topological polar surface area (TPSA) is 40.6 Å². The summed E-state index contributed by atoms with van der Waals surface area (Å²) in [7, 11) is -3.48. The van der Waals surface area contributed by atoms with E-state index in [1.165, 1.54) is 0 Å². The Labute approximate surface area is 155 Å². The molecule has 1 heterocycles. The second kappa shape index (κ2) is 6.98. The van der Waals surface area contributed by atoms with Crippen LogP contribution in [0.3, 0.4) is 0 Å². The maximum Gasteiger partial charge on any atom is 0.243 e. The molecular weight excluding hydrogens is 356 g/mol. The Morgan fingerprint density at radius 1 is 0.920 bits per heavy atom. The van der Waals surface area contributed by atoms with Crippen molar-refractivity contribution in [3.8, 4) is 0 Å². The molecule has 3 rings (SSSR count). The van der Waals surface area contributed by atoms with Crippen LogP contribution in [0.5, 0.6) is 0 Å². The molecule has 0 saturated carbocycles. The highest BCUT2D eigenvalue weighted by Crippen LogP contribution is 2.29. The summed E-state index contributed by atoms with van der Waals surface area (Å²) in [5.74, 6) is 0. The van der Waals surface area contributed by atoms with Crippen molar-refractivity contribution >= 4 is 27.3 Å². The Morgan fingerprint density at radius 3 is 2.04 bits per heavy atom. The molecule has 134 valence electrons. The van der Waals surface area contributed by atoms with Crippen molar-refractivity contribution in [1.82, 2.24) is 4.31 Å². The molecule has 0 bridgehead atoms. The average Bonchev–Trinajstić information content (AvgIpc) is 2.54. The molecule has 0 amide bonds. The van der Waals surface area contributed by atoms with E-state index in [1.54, 1.807) is 4.31 Å². The van der Waals surface area contributed by atoms with Gasteiger partial charge in [-0.1, -0.05) is 41.4 Å². The summed E-state index contributed by atoms with van der Waals surface area (Å²) in [6, 6.07) is 11.5. The molecule has 0 aromatic heterocycles. The zero-order valence-electron chi connectivity index (χ0n) is 14.8. The van der Waals surface area contributed by atoms with Gasteiger partial charge in [0.25, 0.3) is 0 Å². The smallest absolute Gasteiger partial charge is 0.243 e. The molecule has 0 N–H and O–H groups in total. The Morgan fingerprint density at radius 2 is 1.48 bits per heavy atom. The van der Waals surface area contributed by atoms with E-state index in [2.05, 4.69) is 4.90 Å². The third kappa shape index (κ3) is 3.54. The van der Waals surface area contributed by atoms with E-state index in [1.807, 2.05) is 57.2 Å². The van der Waals surface area contributed by atoms with Crippen molar-refractivity contribution in [2.45, 2.75) is 25.7 Å². The third-order valence-electron chi connectivity index (χ3n) is 4.63. The van der Waals surface area contributed by atoms with E-state index in [0.29, 0.717) is 36.1 Å². The summed E-state index contributed by atoms with van der Waals surface area (Å²) in [6.45, 7) is 7.90. The number of sulfonamides is 1. The zero-order chi connectivity index (χ0) is 18.2. The minimum absolute atomic E-state index is 0.448. The van der Waals surface area contributed by atoms with Gasteiger partial charge in [0.2, 0.25) is 10.0 Å². The first-order chi connectivity index (χ1) is 11.8. The highest BCUT2D eigenvalue weighted by atomic mass is 35.5. The molecule has 6 heteroatoms. The van der Waals surface area contributed by atoms with Gasteiger partial charge in [0.15, 0.2) is 0 Å². The van der Waals surface area contributed by atoms with Crippen LogP contribution in [0.2, 0.25) is 5.02 Å². The van der Waals surface area contributed by atoms with Crippen molar-refractivity contribution < 1.29 is 8.42 Å². The fourth-order valence-corrected chi connectivity index (χ4v) is 5.67. The molecule has 1 aliphatic rings. The van der Waals surface area contributed by atoms with E-state index in [0.717, 1.165) is 22.4 Å². The molecule has 2 aromatic carbocycles. The lowest BCUT2D eigenvalue weighted by atomic mass is 10.1. The third-order valence-corrected chi connectivity index (χ3v) is 7.16. The van der Waals surface area contributed by atoms with Crippen LogP contribution in [0.25, 0.3) is 0 Å². The number of hydrogen-bond acceptors (Lipinski definition) is 3. The standard InChI is InChI=1S/C19H23ClN2O2S/c1-14-12-15(2)19(16(3)13-14)25(23,24)22-10-8-21(9-11-22)18-7-5-4-6-17(18)20/h4-7,12-13H,8-11H2,1-3H3. The second-order valence-corrected chi connectivity index (χ2v) is 8.85. The number of halogens is 1. The van der Waals surface area contributed by atoms with E-state index in [-0.39, 0.29) is 0 Å². The van der Waals surface area contributed by atoms with Crippen LogP contribution in [0, 0.1) is 20.8 Å². The van der Waals surface area contributed by atoms with Crippen molar-refractivity contribution in [2.24, 2.45) is 0 Å². The van der Waals surface area contributed by atoms with Gasteiger partial charge in [0.05, 0.1) is 15.6 Å². The number of anilines is 1. The molecule has 1 fully saturated rings. The van der Waals surface area contributed by atoms with Crippen LogP contribution in [-0.2, 0) is 10.0 Å². The van der Waals surface area contributed by atoms with Gasteiger partial charge in [0, 0.05) is 26.2 Å². The average molecular weight is 379 g/mol. The van der Waals surface area contributed by atoms with Crippen molar-refractivity contribution in [3.05, 3.63) is 58.1 Å². The summed E-state index contributed by atoms with van der Waals surface area (Å²) in [5, 5.41) is 0.698. The first kappa shape index (κ1) is 18.2. The molecule has 0 atom stereocenters. The summed E-state index contributed by atoms with van der Waals surface area (Å²) < 4.78 is 27.9. The molecule has 1 aliphatic heterocycles. The Kier molecular flexibility index (Phi) is 5.09. The number of rotatable bonds is 3. The van der Waals surface area contributed by atoms with Crippen molar-refractivity contribution in [2.75, 3.05) is 31.1 Å². The predicted octanol–water partition coefficient (Wildman–Crippen LogP) is 3.78. The van der Waals surface area contributed by atoms with Gasteiger partial charge in [-0.2, -0.15) is 4.31 Å². The molecule has 0 spiro atoms. The number of para-hydroxylation sites is 1. The second-order valence-electron chi connectivity index (χ2n) is 6.57. The number of hydrogen-bond donors (Lipinski definition) is 0. The molecular formula is C19H23ClN2O2S. The van der Waals surface area contributed by atoms with E-state index >= 15 is 0 Å². The number of piperazine rings is 1. The highest BCUT2D eigenvalue weighted by molar-refractivity contribution is 7.89. The SMILES string of the molecule is Cc1cc(C)c(S(=O)(=O)N2CCN(c3ccccc3Cl)CC2)c(C)c1. The van der Waals surface area contributed by atoms with Gasteiger partial charge in [-0.3, -0.25) is 0 Å². The monoisotopic (exact) mass is 378 g/mol. The van der Waals surface area contributed by atoms with Crippen molar-refractivity contribution in [1.29, 1.82) is 0 Å². The lowest BCUT2D eigenvalue weighted by molar-refractivity contribution is 0.384. The Hall–Kier alpha value is -1.56. The largest absolute Gasteiger partial charge is 0.368 e. The number of nitrogens with zero attached hydrogens (tertiary/aromatic N) is 2. The zero-order valence-corrected chi connectivity index (χ0v) is 16.4. The van der Waals surface area contributed by atoms with E-state index in [9.17, 15) is 8.42 Å². The number of aryl methyl sites for hydroxylation is 3. The van der Waals surface area contributed by atoms with Crippen LogP contribution in [-0.4, -0.2) is 38.9 Å². The maximum atomic E-state index is 13.1. The number of benzene rings is 2. The maximum absolute atomic E-state index is 13.1. The first-order valence-corrected chi connectivity index (χ1v) is 10.2. The van der Waals surface area contributed by atoms with Crippen LogP contribution in [0.15, 0.2) is 41.3 Å². The summed E-state index contributed by atoms with van der Waals surface area (Å²) in [5.41, 5.74) is 3.67. The van der Waals surface area contributed by atoms with E-state index < -0.39 is 10.0 Å².